The van der Waals surface area contributed by atoms with Gasteiger partial charge < -0.3 is 0 Å². The molecule has 18 heavy (non-hydrogen) atoms. The predicted molar refractivity (Wildman–Crippen MR) is 87.2 cm³/mol. The summed E-state index contributed by atoms with van der Waals surface area (Å²) in [6.07, 6.45) is 14.2. The minimum absolute atomic E-state index is 0.904. The van der Waals surface area contributed by atoms with Crippen LogP contribution in [0, 0.1) is 11.8 Å². The lowest BCUT2D eigenvalue weighted by Gasteiger charge is -2.02. The van der Waals surface area contributed by atoms with E-state index in [2.05, 4.69) is 41.5 Å². The molecular formula is C18H40. The smallest absolute Gasteiger partial charge is 0.0471 e. The zero-order valence-electron chi connectivity index (χ0n) is 14.2. The Balaban J connectivity index is 0. The van der Waals surface area contributed by atoms with E-state index in [1.807, 2.05) is 0 Å². The quantitative estimate of drug-likeness (QED) is 0.362. The van der Waals surface area contributed by atoms with Crippen LogP contribution in [0.4, 0.5) is 0 Å². The molecule has 0 N–H and O–H groups in total. The van der Waals surface area contributed by atoms with Crippen molar-refractivity contribution < 1.29 is 0 Å². The van der Waals surface area contributed by atoms with Crippen molar-refractivity contribution in [1.82, 2.24) is 0 Å². The van der Waals surface area contributed by atoms with E-state index in [1.165, 1.54) is 64.2 Å². The minimum atomic E-state index is 0.904. The van der Waals surface area contributed by atoms with Crippen LogP contribution in [-0.4, -0.2) is 0 Å². The molecule has 0 aromatic heterocycles. The van der Waals surface area contributed by atoms with E-state index in [4.69, 9.17) is 0 Å². The first-order valence-corrected chi connectivity index (χ1v) is 8.54. The molecule has 0 nitrogen and oxygen atoms in total. The molecule has 0 spiro atoms. The van der Waals surface area contributed by atoms with Gasteiger partial charge in [-0.3, -0.25) is 0 Å². The topological polar surface area (TPSA) is 0 Å². The molecule has 0 saturated heterocycles. The van der Waals surface area contributed by atoms with Crippen LogP contribution in [0.15, 0.2) is 0 Å². The molecule has 0 saturated carbocycles. The fourth-order valence-electron chi connectivity index (χ4n) is 1.96. The van der Waals surface area contributed by atoms with Gasteiger partial charge in [0.05, 0.1) is 0 Å². The molecule has 0 unspecified atom stereocenters. The van der Waals surface area contributed by atoms with Gasteiger partial charge >= 0.3 is 0 Å². The number of hydrogen-bond acceptors (Lipinski definition) is 0. The first kappa shape index (κ1) is 20.3. The molecule has 112 valence electrons. The molecule has 0 bridgehead atoms. The fourth-order valence-corrected chi connectivity index (χ4v) is 1.96. The largest absolute Gasteiger partial charge is 0.0654 e. The molecule has 0 heteroatoms. The van der Waals surface area contributed by atoms with Gasteiger partial charge in [-0.25, -0.2) is 0 Å². The summed E-state index contributed by atoms with van der Waals surface area (Å²) in [5, 5.41) is 0. The maximum atomic E-state index is 2.31. The summed E-state index contributed by atoms with van der Waals surface area (Å²) in [4.78, 5) is 0. The summed E-state index contributed by atoms with van der Waals surface area (Å²) < 4.78 is 0. The van der Waals surface area contributed by atoms with Gasteiger partial charge in [-0.15, -0.1) is 0 Å². The summed E-state index contributed by atoms with van der Waals surface area (Å²) in [6.45, 7) is 13.7. The highest BCUT2D eigenvalue weighted by atomic mass is 14.0. The molecule has 0 aromatic carbocycles. The van der Waals surface area contributed by atoms with Crippen molar-refractivity contribution in [2.24, 2.45) is 11.8 Å². The van der Waals surface area contributed by atoms with Crippen LogP contribution in [0.3, 0.4) is 0 Å². The van der Waals surface area contributed by atoms with Crippen molar-refractivity contribution in [3.63, 3.8) is 0 Å². The first-order chi connectivity index (χ1) is 8.54. The van der Waals surface area contributed by atoms with Crippen LogP contribution < -0.4 is 0 Å². The lowest BCUT2D eigenvalue weighted by Crippen LogP contribution is -1.86. The number of rotatable bonds is 10. The molecule has 0 aromatic rings. The predicted octanol–water partition coefficient (Wildman–Crippen LogP) is 7.23. The third kappa shape index (κ3) is 25.0. The Morgan fingerprint density at radius 1 is 0.500 bits per heavy atom. The average molecular weight is 257 g/mol. The molecule has 0 amide bonds. The van der Waals surface area contributed by atoms with Gasteiger partial charge in [-0.2, -0.15) is 0 Å². The van der Waals surface area contributed by atoms with Gasteiger partial charge in [0.25, 0.3) is 0 Å². The number of hydrogen-bond donors (Lipinski definition) is 0. The van der Waals surface area contributed by atoms with E-state index in [-0.39, 0.29) is 0 Å². The zero-order valence-corrected chi connectivity index (χ0v) is 14.2. The Kier molecular flexibility index (Phi) is 19.2. The van der Waals surface area contributed by atoms with Crippen molar-refractivity contribution in [2.45, 2.75) is 106 Å². The van der Waals surface area contributed by atoms with E-state index < -0.39 is 0 Å². The highest BCUT2D eigenvalue weighted by Gasteiger charge is 1.93. The van der Waals surface area contributed by atoms with Crippen molar-refractivity contribution >= 4 is 0 Å². The fraction of sp³-hybridized carbons (Fsp3) is 1.00. The van der Waals surface area contributed by atoms with Crippen LogP contribution in [0.2, 0.25) is 0 Å². The monoisotopic (exact) mass is 256 g/mol. The van der Waals surface area contributed by atoms with Gasteiger partial charge in [0, 0.05) is 0 Å². The van der Waals surface area contributed by atoms with E-state index in [0.29, 0.717) is 0 Å². The van der Waals surface area contributed by atoms with Crippen molar-refractivity contribution in [3.8, 4) is 0 Å². The van der Waals surface area contributed by atoms with E-state index in [9.17, 15) is 0 Å². The summed E-state index contributed by atoms with van der Waals surface area (Å²) in [5.74, 6) is 1.81. The highest BCUT2D eigenvalue weighted by molar-refractivity contribution is 4.47. The summed E-state index contributed by atoms with van der Waals surface area (Å²) in [5.41, 5.74) is 0. The summed E-state index contributed by atoms with van der Waals surface area (Å²) in [6, 6.07) is 0. The SMILES string of the molecule is CCCCCC(C)C.CCCCCCCC(C)C. The molecule has 0 rings (SSSR count). The van der Waals surface area contributed by atoms with Gasteiger partial charge in [0.1, 0.15) is 0 Å². The molecule has 0 fully saturated rings. The maximum absolute atomic E-state index is 2.31. The first-order valence-electron chi connectivity index (χ1n) is 8.54. The Morgan fingerprint density at radius 3 is 1.22 bits per heavy atom. The second-order valence-corrected chi connectivity index (χ2v) is 6.49. The second-order valence-electron chi connectivity index (χ2n) is 6.49. The van der Waals surface area contributed by atoms with Crippen LogP contribution in [-0.2, 0) is 0 Å². The van der Waals surface area contributed by atoms with E-state index >= 15 is 0 Å². The summed E-state index contributed by atoms with van der Waals surface area (Å²) in [7, 11) is 0. The molecule has 0 aliphatic heterocycles. The third-order valence-corrected chi connectivity index (χ3v) is 3.27. The van der Waals surface area contributed by atoms with Crippen LogP contribution >= 0.6 is 0 Å². The Morgan fingerprint density at radius 2 is 0.833 bits per heavy atom. The standard InChI is InChI=1S/C10H22.C8H18/c1-4-5-6-7-8-9-10(2)3;1-4-5-6-7-8(2)3/h10H,4-9H2,1-3H3;8H,4-7H2,1-3H3. The molecule has 0 aliphatic rings. The Bertz CT molecular complexity index is 124. The van der Waals surface area contributed by atoms with Crippen LogP contribution in [0.5, 0.6) is 0 Å². The van der Waals surface area contributed by atoms with Crippen LogP contribution in [0.25, 0.3) is 0 Å². The van der Waals surface area contributed by atoms with Crippen molar-refractivity contribution in [3.05, 3.63) is 0 Å². The van der Waals surface area contributed by atoms with Gasteiger partial charge in [-0.1, -0.05) is 106 Å². The normalized spacial score (nSPS) is 10.7. The minimum Gasteiger partial charge on any atom is -0.0654 e. The molecule has 0 heterocycles. The highest BCUT2D eigenvalue weighted by Crippen LogP contribution is 2.09. The molecule has 0 atom stereocenters. The van der Waals surface area contributed by atoms with E-state index in [0.717, 1.165) is 11.8 Å². The van der Waals surface area contributed by atoms with E-state index in [1.54, 1.807) is 0 Å². The molecule has 0 aliphatic carbocycles. The maximum Gasteiger partial charge on any atom is -0.0471 e. The van der Waals surface area contributed by atoms with Crippen LogP contribution in [0.1, 0.15) is 106 Å². The van der Waals surface area contributed by atoms with Gasteiger partial charge in [-0.05, 0) is 11.8 Å². The van der Waals surface area contributed by atoms with Crippen molar-refractivity contribution in [2.75, 3.05) is 0 Å². The number of unbranched alkanes of at least 4 members (excludes halogenated alkanes) is 6. The summed E-state index contributed by atoms with van der Waals surface area (Å²) >= 11 is 0. The Labute approximate surface area is 118 Å². The van der Waals surface area contributed by atoms with Gasteiger partial charge in [0.15, 0.2) is 0 Å². The Hall–Kier alpha value is 0. The molecular weight excluding hydrogens is 216 g/mol. The van der Waals surface area contributed by atoms with Crippen molar-refractivity contribution in [1.29, 1.82) is 0 Å². The molecule has 0 radical (unpaired) electrons. The lowest BCUT2D eigenvalue weighted by molar-refractivity contribution is 0.518. The zero-order chi connectivity index (χ0) is 14.2. The van der Waals surface area contributed by atoms with Gasteiger partial charge in [0.2, 0.25) is 0 Å². The lowest BCUT2D eigenvalue weighted by atomic mass is 10.0. The second kappa shape index (κ2) is 17.0. The average Bonchev–Trinajstić information content (AvgIpc) is 2.29. The third-order valence-electron chi connectivity index (χ3n) is 3.27.